The van der Waals surface area contributed by atoms with Gasteiger partial charge in [0.1, 0.15) is 11.6 Å². The van der Waals surface area contributed by atoms with Gasteiger partial charge in [-0.2, -0.15) is 0 Å². The molecule has 6 nitrogen and oxygen atoms in total. The van der Waals surface area contributed by atoms with Crippen molar-refractivity contribution in [3.63, 3.8) is 0 Å². The number of piperidine rings is 1. The highest BCUT2D eigenvalue weighted by Gasteiger charge is 2.26. The molecular weight excluding hydrogens is 343 g/mol. The van der Waals surface area contributed by atoms with Crippen LogP contribution < -0.4 is 0 Å². The number of rotatable bonds is 6. The van der Waals surface area contributed by atoms with Crippen LogP contribution in [-0.4, -0.2) is 42.3 Å². The van der Waals surface area contributed by atoms with Crippen LogP contribution in [0.1, 0.15) is 42.9 Å². The van der Waals surface area contributed by atoms with Gasteiger partial charge < -0.3 is 9.13 Å². The third-order valence-electron chi connectivity index (χ3n) is 5.36. The van der Waals surface area contributed by atoms with Crippen LogP contribution in [0.15, 0.2) is 43.0 Å². The molecule has 0 spiro atoms. The highest BCUT2D eigenvalue weighted by molar-refractivity contribution is 5.17. The summed E-state index contributed by atoms with van der Waals surface area (Å²) in [6.07, 6.45) is 7.57. The highest BCUT2D eigenvalue weighted by atomic mass is 19.1. The van der Waals surface area contributed by atoms with Gasteiger partial charge in [0, 0.05) is 37.0 Å². The number of aromatic nitrogens is 5. The van der Waals surface area contributed by atoms with E-state index in [4.69, 9.17) is 0 Å². The zero-order valence-corrected chi connectivity index (χ0v) is 15.6. The van der Waals surface area contributed by atoms with Crippen LogP contribution in [0.3, 0.4) is 0 Å². The summed E-state index contributed by atoms with van der Waals surface area (Å²) in [5.74, 6) is 2.35. The van der Waals surface area contributed by atoms with Crippen LogP contribution in [-0.2, 0) is 19.6 Å². The van der Waals surface area contributed by atoms with Gasteiger partial charge >= 0.3 is 0 Å². The number of hydrogen-bond acceptors (Lipinski definition) is 4. The zero-order valence-electron chi connectivity index (χ0n) is 15.6. The van der Waals surface area contributed by atoms with Gasteiger partial charge in [-0.25, -0.2) is 9.37 Å². The second-order valence-corrected chi connectivity index (χ2v) is 7.10. The molecule has 0 unspecified atom stereocenters. The first-order valence-electron chi connectivity index (χ1n) is 9.58. The molecule has 1 aliphatic rings. The fraction of sp³-hybridized carbons (Fsp3) is 0.450. The number of likely N-dealkylation sites (tertiary alicyclic amines) is 1. The van der Waals surface area contributed by atoms with E-state index in [0.29, 0.717) is 19.0 Å². The molecule has 7 heteroatoms. The van der Waals surface area contributed by atoms with Crippen molar-refractivity contribution in [3.05, 3.63) is 66.0 Å². The molecule has 1 aliphatic heterocycles. The van der Waals surface area contributed by atoms with Crippen molar-refractivity contribution < 1.29 is 4.39 Å². The van der Waals surface area contributed by atoms with Gasteiger partial charge in [0.2, 0.25) is 0 Å². The summed E-state index contributed by atoms with van der Waals surface area (Å²) in [7, 11) is 0. The van der Waals surface area contributed by atoms with E-state index in [0.717, 1.165) is 49.7 Å². The smallest absolute Gasteiger partial charge is 0.153 e. The predicted molar refractivity (Wildman–Crippen MR) is 101 cm³/mol. The molecule has 0 radical (unpaired) electrons. The first-order valence-corrected chi connectivity index (χ1v) is 9.58. The minimum absolute atomic E-state index is 0.116. The Morgan fingerprint density at radius 1 is 1.11 bits per heavy atom. The van der Waals surface area contributed by atoms with Crippen molar-refractivity contribution in [3.8, 4) is 0 Å². The Labute approximate surface area is 158 Å². The Bertz CT molecular complexity index is 864. The van der Waals surface area contributed by atoms with Crippen molar-refractivity contribution in [1.29, 1.82) is 0 Å². The highest BCUT2D eigenvalue weighted by Crippen LogP contribution is 2.28. The van der Waals surface area contributed by atoms with Gasteiger partial charge in [-0.1, -0.05) is 18.2 Å². The van der Waals surface area contributed by atoms with Crippen LogP contribution >= 0.6 is 0 Å². The first-order chi connectivity index (χ1) is 13.2. The Kier molecular flexibility index (Phi) is 5.29. The standard InChI is InChI=1S/C20H25FN6/c1-2-27-19(14-26-12-9-22-15-26)23-24-20(27)16-7-10-25(11-8-16)13-17-5-3-4-6-18(17)21/h3-6,9,12,15-16H,2,7-8,10-11,13-14H2,1H3. The molecule has 0 N–H and O–H groups in total. The van der Waals surface area contributed by atoms with Crippen LogP contribution in [0.4, 0.5) is 4.39 Å². The normalized spacial score (nSPS) is 16.1. The molecule has 1 fully saturated rings. The summed E-state index contributed by atoms with van der Waals surface area (Å²) in [4.78, 5) is 6.42. The third-order valence-corrected chi connectivity index (χ3v) is 5.36. The second kappa shape index (κ2) is 8.00. The van der Waals surface area contributed by atoms with Gasteiger partial charge in [0.05, 0.1) is 12.9 Å². The molecule has 1 aromatic carbocycles. The molecule has 3 heterocycles. The molecule has 0 saturated carbocycles. The molecule has 0 aliphatic carbocycles. The molecule has 0 atom stereocenters. The maximum absolute atomic E-state index is 13.9. The summed E-state index contributed by atoms with van der Waals surface area (Å²) in [6, 6.07) is 7.05. The van der Waals surface area contributed by atoms with Gasteiger partial charge in [-0.05, 0) is 38.9 Å². The van der Waals surface area contributed by atoms with E-state index in [-0.39, 0.29) is 5.82 Å². The quantitative estimate of drug-likeness (QED) is 0.671. The molecular formula is C20H25FN6. The number of imidazole rings is 1. The summed E-state index contributed by atoms with van der Waals surface area (Å²) in [6.45, 7) is 6.26. The number of benzene rings is 1. The third kappa shape index (κ3) is 3.93. The average Bonchev–Trinajstić information content (AvgIpc) is 3.34. The van der Waals surface area contributed by atoms with Gasteiger partial charge in [-0.15, -0.1) is 10.2 Å². The maximum atomic E-state index is 13.9. The van der Waals surface area contributed by atoms with E-state index in [1.165, 1.54) is 6.07 Å². The lowest BCUT2D eigenvalue weighted by atomic mass is 9.95. The lowest BCUT2D eigenvalue weighted by Gasteiger charge is -2.31. The summed E-state index contributed by atoms with van der Waals surface area (Å²) >= 11 is 0. The zero-order chi connectivity index (χ0) is 18.6. The molecule has 2 aromatic heterocycles. The minimum atomic E-state index is -0.116. The van der Waals surface area contributed by atoms with E-state index in [9.17, 15) is 4.39 Å². The molecule has 4 rings (SSSR count). The lowest BCUT2D eigenvalue weighted by molar-refractivity contribution is 0.198. The fourth-order valence-corrected chi connectivity index (χ4v) is 3.87. The molecule has 142 valence electrons. The van der Waals surface area contributed by atoms with Gasteiger partial charge in [0.25, 0.3) is 0 Å². The topological polar surface area (TPSA) is 51.8 Å². The minimum Gasteiger partial charge on any atom is -0.330 e. The number of halogens is 1. The molecule has 3 aromatic rings. The van der Waals surface area contributed by atoms with E-state index >= 15 is 0 Å². The monoisotopic (exact) mass is 368 g/mol. The summed E-state index contributed by atoms with van der Waals surface area (Å²) in [5, 5.41) is 8.95. The van der Waals surface area contributed by atoms with Crippen LogP contribution in [0.25, 0.3) is 0 Å². The van der Waals surface area contributed by atoms with Crippen LogP contribution in [0.5, 0.6) is 0 Å². The van der Waals surface area contributed by atoms with Crippen molar-refractivity contribution in [1.82, 2.24) is 29.2 Å². The Morgan fingerprint density at radius 2 is 1.93 bits per heavy atom. The summed E-state index contributed by atoms with van der Waals surface area (Å²) < 4.78 is 18.1. The lowest BCUT2D eigenvalue weighted by Crippen LogP contribution is -2.33. The Hall–Kier alpha value is -2.54. The Balaban J connectivity index is 1.41. The van der Waals surface area contributed by atoms with E-state index < -0.39 is 0 Å². The number of hydrogen-bond donors (Lipinski definition) is 0. The Morgan fingerprint density at radius 3 is 2.63 bits per heavy atom. The molecule has 0 bridgehead atoms. The predicted octanol–water partition coefficient (Wildman–Crippen LogP) is 3.06. The van der Waals surface area contributed by atoms with E-state index in [1.54, 1.807) is 18.6 Å². The largest absolute Gasteiger partial charge is 0.330 e. The van der Waals surface area contributed by atoms with Gasteiger partial charge in [-0.3, -0.25) is 4.90 Å². The summed E-state index contributed by atoms with van der Waals surface area (Å²) in [5.41, 5.74) is 0.773. The van der Waals surface area contributed by atoms with Crippen molar-refractivity contribution in [2.24, 2.45) is 0 Å². The van der Waals surface area contributed by atoms with E-state index in [1.807, 2.05) is 22.9 Å². The van der Waals surface area contributed by atoms with Crippen LogP contribution in [0.2, 0.25) is 0 Å². The SMILES string of the molecule is CCn1c(Cn2ccnc2)nnc1C1CCN(Cc2ccccc2F)CC1. The molecule has 1 saturated heterocycles. The van der Waals surface area contributed by atoms with Crippen molar-refractivity contribution >= 4 is 0 Å². The maximum Gasteiger partial charge on any atom is 0.153 e. The first kappa shape index (κ1) is 17.9. The number of nitrogens with zero attached hydrogens (tertiary/aromatic N) is 6. The average molecular weight is 368 g/mol. The van der Waals surface area contributed by atoms with Crippen LogP contribution in [0, 0.1) is 5.82 Å². The fourth-order valence-electron chi connectivity index (χ4n) is 3.87. The van der Waals surface area contributed by atoms with Gasteiger partial charge in [0.15, 0.2) is 5.82 Å². The van der Waals surface area contributed by atoms with Crippen molar-refractivity contribution in [2.45, 2.75) is 45.3 Å². The molecule has 0 amide bonds. The second-order valence-electron chi connectivity index (χ2n) is 7.10. The van der Waals surface area contributed by atoms with Crippen molar-refractivity contribution in [2.75, 3.05) is 13.1 Å². The molecule has 27 heavy (non-hydrogen) atoms. The van der Waals surface area contributed by atoms with E-state index in [2.05, 4.69) is 31.6 Å².